The zero-order chi connectivity index (χ0) is 12.3. The van der Waals surface area contributed by atoms with E-state index in [9.17, 15) is 0 Å². The smallest absolute Gasteiger partial charge is 0.134 e. The number of hydrogen-bond acceptors (Lipinski definition) is 5. The van der Waals surface area contributed by atoms with E-state index in [1.807, 2.05) is 26.2 Å². The lowest BCUT2D eigenvalue weighted by Gasteiger charge is -2.04. The summed E-state index contributed by atoms with van der Waals surface area (Å²) < 4.78 is 0. The van der Waals surface area contributed by atoms with Crippen molar-refractivity contribution in [1.82, 2.24) is 15.0 Å². The lowest BCUT2D eigenvalue weighted by Crippen LogP contribution is -2.18. The Labute approximate surface area is 105 Å². The fourth-order valence-electron chi connectivity index (χ4n) is 1.60. The molecule has 90 valence electrons. The molecule has 0 amide bonds. The first kappa shape index (κ1) is 12.1. The molecule has 4 nitrogen and oxygen atoms in total. The summed E-state index contributed by atoms with van der Waals surface area (Å²) in [5.74, 6) is 0.809. The lowest BCUT2D eigenvalue weighted by atomic mass is 10.1. The zero-order valence-corrected chi connectivity index (χ0v) is 10.9. The molecular weight excluding hydrogens is 232 g/mol. The quantitative estimate of drug-likeness (QED) is 0.894. The van der Waals surface area contributed by atoms with Gasteiger partial charge in [-0.2, -0.15) is 0 Å². The normalized spacial score (nSPS) is 12.6. The summed E-state index contributed by atoms with van der Waals surface area (Å²) >= 11 is 1.65. The van der Waals surface area contributed by atoms with E-state index >= 15 is 0 Å². The molecule has 5 heteroatoms. The highest BCUT2D eigenvalue weighted by molar-refractivity contribution is 7.09. The first-order valence-electron chi connectivity index (χ1n) is 5.60. The highest BCUT2D eigenvalue weighted by Crippen LogP contribution is 2.11. The zero-order valence-electron chi connectivity index (χ0n) is 10.1. The molecule has 0 aliphatic rings. The second kappa shape index (κ2) is 5.33. The second-order valence-corrected chi connectivity index (χ2v) is 5.29. The van der Waals surface area contributed by atoms with Gasteiger partial charge in [-0.25, -0.2) is 15.0 Å². The fourth-order valence-corrected chi connectivity index (χ4v) is 2.21. The molecule has 1 unspecified atom stereocenters. The Morgan fingerprint density at radius 3 is 2.59 bits per heavy atom. The average Bonchev–Trinajstić information content (AvgIpc) is 2.66. The van der Waals surface area contributed by atoms with Crippen molar-refractivity contribution in [2.75, 3.05) is 0 Å². The van der Waals surface area contributed by atoms with E-state index in [1.54, 1.807) is 11.3 Å². The molecule has 0 fully saturated rings. The minimum atomic E-state index is 0.144. The maximum absolute atomic E-state index is 5.72. The standard InChI is InChI=1S/C12H16N4S/c1-8(13)3-10-5-14-12(15-6-10)4-11-7-17-9(2)16-11/h5-8H,3-4,13H2,1-2H3. The van der Waals surface area contributed by atoms with Crippen molar-refractivity contribution in [3.05, 3.63) is 39.9 Å². The van der Waals surface area contributed by atoms with E-state index in [0.717, 1.165) is 28.5 Å². The first-order chi connectivity index (χ1) is 8.13. The number of nitrogens with two attached hydrogens (primary N) is 1. The van der Waals surface area contributed by atoms with Crippen molar-refractivity contribution in [2.24, 2.45) is 5.73 Å². The molecular formula is C12H16N4S. The van der Waals surface area contributed by atoms with Crippen LogP contribution in [0.5, 0.6) is 0 Å². The van der Waals surface area contributed by atoms with Crippen molar-refractivity contribution >= 4 is 11.3 Å². The van der Waals surface area contributed by atoms with E-state index in [-0.39, 0.29) is 6.04 Å². The van der Waals surface area contributed by atoms with Crippen LogP contribution in [-0.2, 0) is 12.8 Å². The van der Waals surface area contributed by atoms with Crippen LogP contribution >= 0.6 is 11.3 Å². The van der Waals surface area contributed by atoms with Crippen LogP contribution in [0.4, 0.5) is 0 Å². The molecule has 0 saturated heterocycles. The molecule has 2 aromatic rings. The van der Waals surface area contributed by atoms with Crippen molar-refractivity contribution in [1.29, 1.82) is 0 Å². The van der Waals surface area contributed by atoms with E-state index in [2.05, 4.69) is 20.3 Å². The molecule has 2 aromatic heterocycles. The Hall–Kier alpha value is -1.33. The molecule has 0 aromatic carbocycles. The SMILES string of the molecule is Cc1nc(Cc2ncc(CC(C)N)cn2)cs1. The Morgan fingerprint density at radius 1 is 1.35 bits per heavy atom. The average molecular weight is 248 g/mol. The number of rotatable bonds is 4. The van der Waals surface area contributed by atoms with Gasteiger partial charge in [-0.3, -0.25) is 0 Å². The van der Waals surface area contributed by atoms with Gasteiger partial charge in [0.15, 0.2) is 0 Å². The third-order valence-corrected chi connectivity index (χ3v) is 3.14. The number of hydrogen-bond donors (Lipinski definition) is 1. The van der Waals surface area contributed by atoms with Crippen LogP contribution < -0.4 is 5.73 Å². The van der Waals surface area contributed by atoms with Gasteiger partial charge < -0.3 is 5.73 Å². The van der Waals surface area contributed by atoms with Crippen molar-refractivity contribution in [2.45, 2.75) is 32.7 Å². The van der Waals surface area contributed by atoms with Crippen LogP contribution in [0.25, 0.3) is 0 Å². The second-order valence-electron chi connectivity index (χ2n) is 4.22. The maximum Gasteiger partial charge on any atom is 0.134 e. The molecule has 0 spiro atoms. The summed E-state index contributed by atoms with van der Waals surface area (Å²) in [7, 11) is 0. The number of aromatic nitrogens is 3. The van der Waals surface area contributed by atoms with Gasteiger partial charge in [0.2, 0.25) is 0 Å². The van der Waals surface area contributed by atoms with Gasteiger partial charge in [0, 0.05) is 23.8 Å². The van der Waals surface area contributed by atoms with Crippen LogP contribution in [0.15, 0.2) is 17.8 Å². The summed E-state index contributed by atoms with van der Waals surface area (Å²) in [4.78, 5) is 13.1. The topological polar surface area (TPSA) is 64.7 Å². The Kier molecular flexibility index (Phi) is 3.81. The molecule has 1 atom stereocenters. The van der Waals surface area contributed by atoms with Crippen LogP contribution in [0.1, 0.15) is 29.0 Å². The predicted octanol–water partition coefficient (Wildman–Crippen LogP) is 1.72. The Bertz CT molecular complexity index is 476. The third kappa shape index (κ3) is 3.57. The molecule has 17 heavy (non-hydrogen) atoms. The highest BCUT2D eigenvalue weighted by atomic mass is 32.1. The van der Waals surface area contributed by atoms with E-state index in [4.69, 9.17) is 5.73 Å². The molecule has 0 aliphatic heterocycles. The minimum absolute atomic E-state index is 0.144. The van der Waals surface area contributed by atoms with Gasteiger partial charge in [-0.1, -0.05) is 0 Å². The third-order valence-electron chi connectivity index (χ3n) is 2.32. The number of thiazole rings is 1. The van der Waals surface area contributed by atoms with Gasteiger partial charge >= 0.3 is 0 Å². The van der Waals surface area contributed by atoms with E-state index in [1.165, 1.54) is 0 Å². The Balaban J connectivity index is 2.03. The molecule has 0 aliphatic carbocycles. The van der Waals surface area contributed by atoms with E-state index < -0.39 is 0 Å². The van der Waals surface area contributed by atoms with Crippen molar-refractivity contribution in [3.8, 4) is 0 Å². The van der Waals surface area contributed by atoms with Gasteiger partial charge in [0.05, 0.1) is 17.1 Å². The molecule has 0 radical (unpaired) electrons. The van der Waals surface area contributed by atoms with Gasteiger partial charge in [-0.15, -0.1) is 11.3 Å². The summed E-state index contributed by atoms with van der Waals surface area (Å²) in [6.45, 7) is 3.98. The molecule has 0 bridgehead atoms. The largest absolute Gasteiger partial charge is 0.328 e. The maximum atomic E-state index is 5.72. The molecule has 0 saturated carbocycles. The fraction of sp³-hybridized carbons (Fsp3) is 0.417. The molecule has 2 N–H and O–H groups in total. The van der Waals surface area contributed by atoms with Crippen LogP contribution in [0.3, 0.4) is 0 Å². The summed E-state index contributed by atoms with van der Waals surface area (Å²) in [5, 5.41) is 3.13. The van der Waals surface area contributed by atoms with Gasteiger partial charge in [-0.05, 0) is 25.8 Å². The van der Waals surface area contributed by atoms with Crippen LogP contribution in [0.2, 0.25) is 0 Å². The molecule has 2 rings (SSSR count). The van der Waals surface area contributed by atoms with Gasteiger partial charge in [0.25, 0.3) is 0 Å². The number of aryl methyl sites for hydroxylation is 1. The van der Waals surface area contributed by atoms with Crippen LogP contribution in [-0.4, -0.2) is 21.0 Å². The summed E-state index contributed by atoms with van der Waals surface area (Å²) in [6.07, 6.45) is 5.22. The van der Waals surface area contributed by atoms with Crippen LogP contribution in [0, 0.1) is 6.92 Å². The minimum Gasteiger partial charge on any atom is -0.328 e. The van der Waals surface area contributed by atoms with Crippen molar-refractivity contribution < 1.29 is 0 Å². The summed E-state index contributed by atoms with van der Waals surface area (Å²) in [5.41, 5.74) is 7.84. The first-order valence-corrected chi connectivity index (χ1v) is 6.48. The monoisotopic (exact) mass is 248 g/mol. The highest BCUT2D eigenvalue weighted by Gasteiger charge is 2.04. The van der Waals surface area contributed by atoms with Crippen molar-refractivity contribution in [3.63, 3.8) is 0 Å². The Morgan fingerprint density at radius 2 is 2.06 bits per heavy atom. The van der Waals surface area contributed by atoms with Gasteiger partial charge in [0.1, 0.15) is 5.82 Å². The van der Waals surface area contributed by atoms with E-state index in [0.29, 0.717) is 6.42 Å². The predicted molar refractivity (Wildman–Crippen MR) is 69.0 cm³/mol. The number of nitrogens with zero attached hydrogens (tertiary/aromatic N) is 3. The molecule has 2 heterocycles. The summed E-state index contributed by atoms with van der Waals surface area (Å²) in [6, 6.07) is 0.144. The lowest BCUT2D eigenvalue weighted by molar-refractivity contribution is 0.729.